The van der Waals surface area contributed by atoms with Crippen molar-refractivity contribution >= 4 is 23.0 Å². The molecule has 15 heavy (non-hydrogen) atoms. The van der Waals surface area contributed by atoms with Crippen LogP contribution in [0.4, 0.5) is 15.8 Å². The third-order valence-corrected chi connectivity index (χ3v) is 2.72. The van der Waals surface area contributed by atoms with Gasteiger partial charge in [-0.1, -0.05) is 31.9 Å². The zero-order valence-electron chi connectivity index (χ0n) is 8.98. The molecule has 0 aliphatic carbocycles. The first-order valence-electron chi connectivity index (χ1n) is 5.03. The number of nitrogens with two attached hydrogens (primary N) is 1. The molecule has 0 saturated heterocycles. The molecule has 0 aromatic heterocycles. The quantitative estimate of drug-likeness (QED) is 0.777. The van der Waals surface area contributed by atoms with Crippen molar-refractivity contribution < 1.29 is 4.39 Å². The zero-order chi connectivity index (χ0) is 11.4. The molecule has 0 heterocycles. The summed E-state index contributed by atoms with van der Waals surface area (Å²) >= 11 is 5.59. The lowest BCUT2D eigenvalue weighted by Crippen LogP contribution is -2.11. The largest absolute Gasteiger partial charge is 0.397 e. The molecule has 1 aromatic carbocycles. The minimum atomic E-state index is -0.447. The van der Waals surface area contributed by atoms with Crippen LogP contribution in [0.1, 0.15) is 20.3 Å². The van der Waals surface area contributed by atoms with Crippen LogP contribution >= 0.6 is 11.6 Å². The lowest BCUT2D eigenvalue weighted by atomic mass is 10.1. The third kappa shape index (κ3) is 3.27. The summed E-state index contributed by atoms with van der Waals surface area (Å²) in [6.45, 7) is 5.01. The highest BCUT2D eigenvalue weighted by Crippen LogP contribution is 2.26. The van der Waals surface area contributed by atoms with Crippen LogP contribution < -0.4 is 11.1 Å². The summed E-state index contributed by atoms with van der Waals surface area (Å²) in [5, 5.41) is 3.17. The highest BCUT2D eigenvalue weighted by atomic mass is 35.5. The van der Waals surface area contributed by atoms with E-state index >= 15 is 0 Å². The highest BCUT2D eigenvalue weighted by Gasteiger charge is 2.06. The second-order valence-corrected chi connectivity index (χ2v) is 4.16. The lowest BCUT2D eigenvalue weighted by Gasteiger charge is -2.13. The molecular formula is C11H16ClFN2. The van der Waals surface area contributed by atoms with Crippen molar-refractivity contribution in [3.05, 3.63) is 23.0 Å². The van der Waals surface area contributed by atoms with Gasteiger partial charge in [0.1, 0.15) is 5.82 Å². The van der Waals surface area contributed by atoms with Crippen molar-refractivity contribution in [2.75, 3.05) is 17.6 Å². The normalized spacial score (nSPS) is 12.5. The van der Waals surface area contributed by atoms with Gasteiger partial charge in [0, 0.05) is 12.6 Å². The number of hydrogen-bond acceptors (Lipinski definition) is 2. The van der Waals surface area contributed by atoms with Gasteiger partial charge in [-0.15, -0.1) is 0 Å². The van der Waals surface area contributed by atoms with Gasteiger partial charge in [-0.3, -0.25) is 0 Å². The minimum Gasteiger partial charge on any atom is -0.397 e. The molecule has 2 nitrogen and oxygen atoms in total. The number of benzene rings is 1. The van der Waals surface area contributed by atoms with Gasteiger partial charge >= 0.3 is 0 Å². The average molecular weight is 231 g/mol. The fourth-order valence-corrected chi connectivity index (χ4v) is 1.32. The molecule has 1 atom stereocenters. The molecule has 0 radical (unpaired) electrons. The van der Waals surface area contributed by atoms with Crippen LogP contribution in [0.15, 0.2) is 12.1 Å². The number of hydrogen-bond donors (Lipinski definition) is 2. The van der Waals surface area contributed by atoms with Gasteiger partial charge in [-0.25, -0.2) is 4.39 Å². The van der Waals surface area contributed by atoms with E-state index in [0.717, 1.165) is 13.0 Å². The SMILES string of the molecule is CCC(C)CNc1cc(F)c(Cl)cc1N. The van der Waals surface area contributed by atoms with Crippen molar-refractivity contribution in [3.8, 4) is 0 Å². The van der Waals surface area contributed by atoms with E-state index in [9.17, 15) is 4.39 Å². The molecule has 0 fully saturated rings. The Kier molecular flexibility index (Phi) is 4.21. The lowest BCUT2D eigenvalue weighted by molar-refractivity contribution is 0.592. The topological polar surface area (TPSA) is 38.0 Å². The van der Waals surface area contributed by atoms with Gasteiger partial charge in [-0.05, 0) is 12.0 Å². The Labute approximate surface area is 94.6 Å². The molecule has 3 N–H and O–H groups in total. The van der Waals surface area contributed by atoms with E-state index in [2.05, 4.69) is 19.2 Å². The van der Waals surface area contributed by atoms with Crippen LogP contribution in [0.5, 0.6) is 0 Å². The van der Waals surface area contributed by atoms with Crippen molar-refractivity contribution in [1.29, 1.82) is 0 Å². The molecule has 4 heteroatoms. The molecule has 0 saturated carbocycles. The average Bonchev–Trinajstić information content (AvgIpc) is 2.21. The van der Waals surface area contributed by atoms with Crippen LogP contribution in [0.2, 0.25) is 5.02 Å². The number of halogens is 2. The number of nitrogen functional groups attached to an aromatic ring is 1. The fourth-order valence-electron chi connectivity index (χ4n) is 1.14. The van der Waals surface area contributed by atoms with E-state index in [1.165, 1.54) is 12.1 Å². The Balaban J connectivity index is 2.73. The van der Waals surface area contributed by atoms with E-state index in [-0.39, 0.29) is 5.02 Å². The monoisotopic (exact) mass is 230 g/mol. The van der Waals surface area contributed by atoms with Gasteiger partial charge in [-0.2, -0.15) is 0 Å². The second kappa shape index (κ2) is 5.21. The zero-order valence-corrected chi connectivity index (χ0v) is 9.74. The van der Waals surface area contributed by atoms with Crippen LogP contribution in [0.3, 0.4) is 0 Å². The smallest absolute Gasteiger partial charge is 0.143 e. The summed E-state index contributed by atoms with van der Waals surface area (Å²) in [5.41, 5.74) is 6.79. The van der Waals surface area contributed by atoms with Crippen molar-refractivity contribution in [3.63, 3.8) is 0 Å². The summed E-state index contributed by atoms with van der Waals surface area (Å²) in [6, 6.07) is 2.76. The van der Waals surface area contributed by atoms with Gasteiger partial charge in [0.15, 0.2) is 0 Å². The maximum Gasteiger partial charge on any atom is 0.143 e. The van der Waals surface area contributed by atoms with E-state index in [4.69, 9.17) is 17.3 Å². The van der Waals surface area contributed by atoms with Gasteiger partial charge in [0.2, 0.25) is 0 Å². The Bertz CT molecular complexity index is 342. The minimum absolute atomic E-state index is 0.0570. The predicted octanol–water partition coefficient (Wildman–Crippen LogP) is 3.52. The Morgan fingerprint density at radius 1 is 1.53 bits per heavy atom. The number of anilines is 2. The van der Waals surface area contributed by atoms with Crippen LogP contribution in [-0.4, -0.2) is 6.54 Å². The summed E-state index contributed by atoms with van der Waals surface area (Å²) < 4.78 is 13.1. The van der Waals surface area contributed by atoms with Gasteiger partial charge in [0.25, 0.3) is 0 Å². The molecule has 1 unspecified atom stereocenters. The molecule has 1 rings (SSSR count). The Morgan fingerprint density at radius 3 is 2.80 bits per heavy atom. The van der Waals surface area contributed by atoms with E-state index in [1.807, 2.05) is 0 Å². The maximum absolute atomic E-state index is 13.1. The van der Waals surface area contributed by atoms with E-state index < -0.39 is 5.82 Å². The fraction of sp³-hybridized carbons (Fsp3) is 0.455. The third-order valence-electron chi connectivity index (χ3n) is 2.43. The summed E-state index contributed by atoms with van der Waals surface area (Å²) in [5.74, 6) is 0.0839. The molecule has 0 aliphatic heterocycles. The van der Waals surface area contributed by atoms with Crippen LogP contribution in [0.25, 0.3) is 0 Å². The predicted molar refractivity (Wildman–Crippen MR) is 63.8 cm³/mol. The molecule has 0 aliphatic rings. The highest BCUT2D eigenvalue weighted by molar-refractivity contribution is 6.31. The van der Waals surface area contributed by atoms with E-state index in [1.54, 1.807) is 0 Å². The van der Waals surface area contributed by atoms with Crippen LogP contribution in [-0.2, 0) is 0 Å². The maximum atomic E-state index is 13.1. The van der Waals surface area contributed by atoms with Crippen molar-refractivity contribution in [2.45, 2.75) is 20.3 Å². The number of rotatable bonds is 4. The van der Waals surface area contributed by atoms with Gasteiger partial charge < -0.3 is 11.1 Å². The van der Waals surface area contributed by atoms with E-state index in [0.29, 0.717) is 17.3 Å². The van der Waals surface area contributed by atoms with Gasteiger partial charge in [0.05, 0.1) is 16.4 Å². The van der Waals surface area contributed by atoms with Crippen molar-refractivity contribution in [1.82, 2.24) is 0 Å². The van der Waals surface area contributed by atoms with Crippen molar-refractivity contribution in [2.24, 2.45) is 5.92 Å². The van der Waals surface area contributed by atoms with Crippen LogP contribution in [0, 0.1) is 11.7 Å². The second-order valence-electron chi connectivity index (χ2n) is 3.75. The standard InChI is InChI=1S/C11H16ClFN2/c1-3-7(2)6-15-11-5-9(13)8(12)4-10(11)14/h4-5,7,15H,3,6,14H2,1-2H3. The molecule has 84 valence electrons. The molecule has 0 bridgehead atoms. The Hall–Kier alpha value is -0.960. The molecule has 1 aromatic rings. The molecule has 0 spiro atoms. The Morgan fingerprint density at radius 2 is 2.20 bits per heavy atom. The molecular weight excluding hydrogens is 215 g/mol. The first kappa shape index (κ1) is 12.1. The number of nitrogens with one attached hydrogen (secondary N) is 1. The first-order valence-corrected chi connectivity index (χ1v) is 5.40. The summed E-state index contributed by atoms with van der Waals surface area (Å²) in [4.78, 5) is 0. The first-order chi connectivity index (χ1) is 7.04. The summed E-state index contributed by atoms with van der Waals surface area (Å²) in [7, 11) is 0. The molecule has 0 amide bonds. The summed E-state index contributed by atoms with van der Waals surface area (Å²) in [6.07, 6.45) is 1.07.